The second-order valence-electron chi connectivity index (χ2n) is 6.19. The lowest BCUT2D eigenvalue weighted by atomic mass is 10.1. The molecule has 0 unspecified atom stereocenters. The van der Waals surface area contributed by atoms with Gasteiger partial charge in [0.1, 0.15) is 11.5 Å². The lowest BCUT2D eigenvalue weighted by molar-refractivity contribution is -0.130. The van der Waals surface area contributed by atoms with Gasteiger partial charge < -0.3 is 20.0 Å². The molecule has 0 aromatic heterocycles. The second kappa shape index (κ2) is 6.83. The van der Waals surface area contributed by atoms with Crippen molar-refractivity contribution < 1.29 is 15.0 Å². The van der Waals surface area contributed by atoms with Gasteiger partial charge in [0.2, 0.25) is 5.91 Å². The topological polar surface area (TPSA) is 64.0 Å². The van der Waals surface area contributed by atoms with Gasteiger partial charge in [-0.1, -0.05) is 18.2 Å². The number of piperazine rings is 1. The molecular formula is C19H22N2O3. The summed E-state index contributed by atoms with van der Waals surface area (Å²) in [6.45, 7) is 4.64. The molecule has 0 bridgehead atoms. The molecule has 1 saturated heterocycles. The van der Waals surface area contributed by atoms with Crippen LogP contribution in [0.1, 0.15) is 11.1 Å². The van der Waals surface area contributed by atoms with Gasteiger partial charge in [-0.25, -0.2) is 0 Å². The Morgan fingerprint density at radius 2 is 1.79 bits per heavy atom. The summed E-state index contributed by atoms with van der Waals surface area (Å²) in [6, 6.07) is 12.6. The average Bonchev–Trinajstić information content (AvgIpc) is 2.58. The molecule has 3 rings (SSSR count). The largest absolute Gasteiger partial charge is 0.508 e. The standard InChI is InChI=1S/C19H22N2O3/c1-14-5-6-15(11-18(14)23)12-19(24)21-9-7-20(8-10-21)16-3-2-4-17(22)13-16/h2-6,11,13,22-23H,7-10,12H2,1H3. The Kier molecular flexibility index (Phi) is 4.60. The average molecular weight is 326 g/mol. The van der Waals surface area contributed by atoms with Crippen LogP contribution in [0.3, 0.4) is 0 Å². The number of aromatic hydroxyl groups is 2. The summed E-state index contributed by atoms with van der Waals surface area (Å²) in [5.74, 6) is 0.563. The smallest absolute Gasteiger partial charge is 0.227 e. The molecule has 0 spiro atoms. The Bertz CT molecular complexity index is 737. The van der Waals surface area contributed by atoms with E-state index in [0.717, 1.165) is 29.9 Å². The molecule has 1 heterocycles. The Labute approximate surface area is 141 Å². The number of benzene rings is 2. The molecule has 1 fully saturated rings. The number of carbonyl (C=O) groups is 1. The molecule has 1 aliphatic rings. The van der Waals surface area contributed by atoms with E-state index in [1.165, 1.54) is 0 Å². The number of aryl methyl sites for hydroxylation is 1. The van der Waals surface area contributed by atoms with Crippen molar-refractivity contribution in [3.05, 3.63) is 53.6 Å². The third-order valence-electron chi connectivity index (χ3n) is 4.46. The summed E-state index contributed by atoms with van der Waals surface area (Å²) in [5.41, 5.74) is 2.62. The molecule has 2 aromatic carbocycles. The van der Waals surface area contributed by atoms with Crippen LogP contribution in [-0.2, 0) is 11.2 Å². The lowest BCUT2D eigenvalue weighted by Gasteiger charge is -2.36. The van der Waals surface area contributed by atoms with E-state index < -0.39 is 0 Å². The predicted molar refractivity (Wildman–Crippen MR) is 93.4 cm³/mol. The van der Waals surface area contributed by atoms with Gasteiger partial charge in [0.15, 0.2) is 0 Å². The summed E-state index contributed by atoms with van der Waals surface area (Å²) >= 11 is 0. The Balaban J connectivity index is 1.58. The van der Waals surface area contributed by atoms with Gasteiger partial charge in [-0.3, -0.25) is 4.79 Å². The zero-order valence-electron chi connectivity index (χ0n) is 13.8. The number of amides is 1. The van der Waals surface area contributed by atoms with Gasteiger partial charge in [-0.15, -0.1) is 0 Å². The van der Waals surface area contributed by atoms with E-state index in [4.69, 9.17) is 0 Å². The van der Waals surface area contributed by atoms with Gasteiger partial charge in [0.05, 0.1) is 6.42 Å². The molecule has 0 radical (unpaired) electrons. The Morgan fingerprint density at radius 1 is 1.04 bits per heavy atom. The summed E-state index contributed by atoms with van der Waals surface area (Å²) in [6.07, 6.45) is 0.306. The van der Waals surface area contributed by atoms with Gasteiger partial charge in [-0.05, 0) is 36.2 Å². The van der Waals surface area contributed by atoms with E-state index in [2.05, 4.69) is 4.90 Å². The van der Waals surface area contributed by atoms with Crippen molar-refractivity contribution in [3.63, 3.8) is 0 Å². The van der Waals surface area contributed by atoms with Gasteiger partial charge in [0.25, 0.3) is 0 Å². The minimum Gasteiger partial charge on any atom is -0.508 e. The first-order valence-corrected chi connectivity index (χ1v) is 8.13. The van der Waals surface area contributed by atoms with Crippen LogP contribution < -0.4 is 4.90 Å². The monoisotopic (exact) mass is 326 g/mol. The number of anilines is 1. The second-order valence-corrected chi connectivity index (χ2v) is 6.19. The quantitative estimate of drug-likeness (QED) is 0.908. The van der Waals surface area contributed by atoms with E-state index in [1.807, 2.05) is 36.1 Å². The van der Waals surface area contributed by atoms with Crippen molar-refractivity contribution in [2.75, 3.05) is 31.1 Å². The van der Waals surface area contributed by atoms with Crippen molar-refractivity contribution in [1.29, 1.82) is 0 Å². The maximum atomic E-state index is 12.4. The highest BCUT2D eigenvalue weighted by atomic mass is 16.3. The third kappa shape index (κ3) is 3.62. The van der Waals surface area contributed by atoms with E-state index >= 15 is 0 Å². The van der Waals surface area contributed by atoms with Crippen LogP contribution in [0.15, 0.2) is 42.5 Å². The van der Waals surface area contributed by atoms with E-state index in [9.17, 15) is 15.0 Å². The molecule has 0 saturated carbocycles. The van der Waals surface area contributed by atoms with Crippen LogP contribution in [0.5, 0.6) is 11.5 Å². The van der Waals surface area contributed by atoms with Crippen LogP contribution in [-0.4, -0.2) is 47.2 Å². The molecule has 24 heavy (non-hydrogen) atoms. The number of hydrogen-bond acceptors (Lipinski definition) is 4. The fourth-order valence-corrected chi connectivity index (χ4v) is 2.96. The van der Waals surface area contributed by atoms with Crippen molar-refractivity contribution in [1.82, 2.24) is 4.90 Å². The molecule has 126 valence electrons. The fraction of sp³-hybridized carbons (Fsp3) is 0.316. The summed E-state index contributed by atoms with van der Waals surface area (Å²) in [4.78, 5) is 16.5. The molecule has 2 aromatic rings. The highest BCUT2D eigenvalue weighted by molar-refractivity contribution is 5.79. The minimum atomic E-state index is 0.0776. The first kappa shape index (κ1) is 16.2. The van der Waals surface area contributed by atoms with Crippen molar-refractivity contribution in [2.24, 2.45) is 0 Å². The van der Waals surface area contributed by atoms with Crippen LogP contribution in [0.4, 0.5) is 5.69 Å². The molecule has 0 aliphatic carbocycles. The first-order valence-electron chi connectivity index (χ1n) is 8.13. The van der Waals surface area contributed by atoms with Crippen LogP contribution >= 0.6 is 0 Å². The van der Waals surface area contributed by atoms with E-state index in [0.29, 0.717) is 19.5 Å². The minimum absolute atomic E-state index is 0.0776. The van der Waals surface area contributed by atoms with E-state index in [-0.39, 0.29) is 17.4 Å². The third-order valence-corrected chi connectivity index (χ3v) is 4.46. The number of hydrogen-bond donors (Lipinski definition) is 2. The number of carbonyl (C=O) groups excluding carboxylic acids is 1. The maximum Gasteiger partial charge on any atom is 0.227 e. The Hall–Kier alpha value is -2.69. The van der Waals surface area contributed by atoms with Crippen LogP contribution in [0.25, 0.3) is 0 Å². The lowest BCUT2D eigenvalue weighted by Crippen LogP contribution is -2.49. The number of phenols is 2. The van der Waals surface area contributed by atoms with Gasteiger partial charge >= 0.3 is 0 Å². The van der Waals surface area contributed by atoms with Crippen molar-refractivity contribution in [2.45, 2.75) is 13.3 Å². The molecule has 5 nitrogen and oxygen atoms in total. The summed E-state index contributed by atoms with van der Waals surface area (Å²) in [7, 11) is 0. The molecule has 2 N–H and O–H groups in total. The number of phenolic OH excluding ortho intramolecular Hbond substituents is 2. The van der Waals surface area contributed by atoms with E-state index in [1.54, 1.807) is 18.2 Å². The van der Waals surface area contributed by atoms with Crippen LogP contribution in [0, 0.1) is 6.92 Å². The number of rotatable bonds is 3. The van der Waals surface area contributed by atoms with Crippen LogP contribution in [0.2, 0.25) is 0 Å². The zero-order chi connectivity index (χ0) is 17.1. The van der Waals surface area contributed by atoms with Crippen molar-refractivity contribution >= 4 is 11.6 Å². The fourth-order valence-electron chi connectivity index (χ4n) is 2.96. The predicted octanol–water partition coefficient (Wildman–Crippen LogP) is 2.30. The molecule has 1 aliphatic heterocycles. The van der Waals surface area contributed by atoms with Crippen molar-refractivity contribution in [3.8, 4) is 11.5 Å². The normalized spacial score (nSPS) is 14.7. The highest BCUT2D eigenvalue weighted by Gasteiger charge is 2.21. The molecular weight excluding hydrogens is 304 g/mol. The van der Waals surface area contributed by atoms with Gasteiger partial charge in [-0.2, -0.15) is 0 Å². The SMILES string of the molecule is Cc1ccc(CC(=O)N2CCN(c3cccc(O)c3)CC2)cc1O. The van der Waals surface area contributed by atoms with Gasteiger partial charge in [0, 0.05) is 37.9 Å². The summed E-state index contributed by atoms with van der Waals surface area (Å²) < 4.78 is 0. The molecule has 1 amide bonds. The Morgan fingerprint density at radius 3 is 2.46 bits per heavy atom. The number of nitrogens with zero attached hydrogens (tertiary/aromatic N) is 2. The maximum absolute atomic E-state index is 12.4. The summed E-state index contributed by atoms with van der Waals surface area (Å²) in [5, 5.41) is 19.3. The molecule has 5 heteroatoms. The molecule has 0 atom stereocenters. The highest BCUT2D eigenvalue weighted by Crippen LogP contribution is 2.22. The zero-order valence-corrected chi connectivity index (χ0v) is 13.8. The first-order chi connectivity index (χ1) is 11.5.